The van der Waals surface area contributed by atoms with Gasteiger partial charge in [0.2, 0.25) is 0 Å². The monoisotopic (exact) mass is 294 g/mol. The van der Waals surface area contributed by atoms with Crippen molar-refractivity contribution in [2.24, 2.45) is 0 Å². The molecule has 21 heavy (non-hydrogen) atoms. The summed E-state index contributed by atoms with van der Waals surface area (Å²) in [6.45, 7) is 6.33. The second-order valence-electron chi connectivity index (χ2n) is 5.30. The van der Waals surface area contributed by atoms with Gasteiger partial charge in [0.1, 0.15) is 0 Å². The third kappa shape index (κ3) is 3.08. The van der Waals surface area contributed by atoms with Gasteiger partial charge in [-0.3, -0.25) is 0 Å². The molecule has 0 radical (unpaired) electrons. The van der Waals surface area contributed by atoms with Crippen molar-refractivity contribution in [3.63, 3.8) is 0 Å². The van der Waals surface area contributed by atoms with Crippen molar-refractivity contribution >= 4 is 22.8 Å². The van der Waals surface area contributed by atoms with Gasteiger partial charge in [-0.15, -0.1) is 11.8 Å². The van der Waals surface area contributed by atoms with Crippen LogP contribution in [-0.4, -0.2) is 9.97 Å². The molecule has 1 heterocycles. The van der Waals surface area contributed by atoms with E-state index in [4.69, 9.17) is 4.98 Å². The van der Waals surface area contributed by atoms with Crippen molar-refractivity contribution < 1.29 is 0 Å². The number of thioether (sulfide) groups is 1. The maximum Gasteiger partial charge on any atom is 0.0890 e. The van der Waals surface area contributed by atoms with Crippen LogP contribution in [0, 0.1) is 20.8 Å². The first-order chi connectivity index (χ1) is 10.1. The molecule has 1 aromatic heterocycles. The number of aromatic nitrogens is 2. The Bertz CT molecular complexity index is 796. The van der Waals surface area contributed by atoms with Gasteiger partial charge in [-0.25, -0.2) is 9.97 Å². The number of hydrogen-bond donors (Lipinski definition) is 0. The summed E-state index contributed by atoms with van der Waals surface area (Å²) in [4.78, 5) is 10.7. The molecular formula is C18H18N2S. The molecule has 0 saturated carbocycles. The molecule has 3 rings (SSSR count). The van der Waals surface area contributed by atoms with E-state index < -0.39 is 0 Å². The van der Waals surface area contributed by atoms with Gasteiger partial charge < -0.3 is 0 Å². The summed E-state index contributed by atoms with van der Waals surface area (Å²) in [5, 5.41) is 0. The Kier molecular flexibility index (Phi) is 3.93. The Balaban J connectivity index is 1.86. The van der Waals surface area contributed by atoms with Crippen LogP contribution in [0.2, 0.25) is 0 Å². The molecule has 2 nitrogen and oxygen atoms in total. The minimum Gasteiger partial charge on any atom is -0.250 e. The van der Waals surface area contributed by atoms with Crippen molar-refractivity contribution in [1.82, 2.24) is 9.97 Å². The summed E-state index contributed by atoms with van der Waals surface area (Å²) in [5.41, 5.74) is 6.66. The fourth-order valence-electron chi connectivity index (χ4n) is 2.37. The van der Waals surface area contributed by atoms with E-state index in [0.29, 0.717) is 0 Å². The van der Waals surface area contributed by atoms with Crippen LogP contribution >= 0.6 is 11.8 Å². The van der Waals surface area contributed by atoms with Crippen LogP contribution < -0.4 is 0 Å². The number of hydrogen-bond acceptors (Lipinski definition) is 3. The lowest BCUT2D eigenvalue weighted by molar-refractivity contribution is 1.08. The van der Waals surface area contributed by atoms with E-state index in [1.165, 1.54) is 16.0 Å². The van der Waals surface area contributed by atoms with Crippen LogP contribution in [0.25, 0.3) is 11.0 Å². The molecule has 106 valence electrons. The maximum absolute atomic E-state index is 4.75. The molecule has 2 aromatic carbocycles. The average molecular weight is 294 g/mol. The second kappa shape index (κ2) is 5.86. The van der Waals surface area contributed by atoms with Gasteiger partial charge in [-0.05, 0) is 44.5 Å². The SMILES string of the molecule is Cc1ccc(SCc2nc3ccccc3nc2C)c(C)c1. The van der Waals surface area contributed by atoms with Gasteiger partial charge in [-0.1, -0.05) is 29.8 Å². The second-order valence-corrected chi connectivity index (χ2v) is 6.32. The van der Waals surface area contributed by atoms with Crippen molar-refractivity contribution in [1.29, 1.82) is 0 Å². The van der Waals surface area contributed by atoms with Gasteiger partial charge in [-0.2, -0.15) is 0 Å². The highest BCUT2D eigenvalue weighted by molar-refractivity contribution is 7.98. The molecular weight excluding hydrogens is 276 g/mol. The average Bonchev–Trinajstić information content (AvgIpc) is 2.46. The molecule has 0 amide bonds. The summed E-state index contributed by atoms with van der Waals surface area (Å²) >= 11 is 1.83. The zero-order valence-corrected chi connectivity index (χ0v) is 13.4. The normalized spacial score (nSPS) is 11.0. The van der Waals surface area contributed by atoms with Crippen LogP contribution in [0.4, 0.5) is 0 Å². The Morgan fingerprint density at radius 1 is 0.905 bits per heavy atom. The number of rotatable bonds is 3. The molecule has 0 aliphatic heterocycles. The lowest BCUT2D eigenvalue weighted by atomic mass is 10.2. The quantitative estimate of drug-likeness (QED) is 0.646. The highest BCUT2D eigenvalue weighted by atomic mass is 32.2. The van der Waals surface area contributed by atoms with E-state index in [1.807, 2.05) is 43.0 Å². The van der Waals surface area contributed by atoms with E-state index in [9.17, 15) is 0 Å². The van der Waals surface area contributed by atoms with E-state index >= 15 is 0 Å². The number of benzene rings is 2. The molecule has 0 N–H and O–H groups in total. The zero-order valence-electron chi connectivity index (χ0n) is 12.6. The van der Waals surface area contributed by atoms with Crippen LogP contribution in [0.5, 0.6) is 0 Å². The lowest BCUT2D eigenvalue weighted by Gasteiger charge is -2.09. The highest BCUT2D eigenvalue weighted by Crippen LogP contribution is 2.27. The van der Waals surface area contributed by atoms with Crippen LogP contribution in [0.1, 0.15) is 22.5 Å². The third-order valence-electron chi connectivity index (χ3n) is 3.54. The molecule has 0 spiro atoms. The summed E-state index contributed by atoms with van der Waals surface area (Å²) in [6.07, 6.45) is 0. The molecule has 0 fully saturated rings. The number of nitrogens with zero attached hydrogens (tertiary/aromatic N) is 2. The van der Waals surface area contributed by atoms with Crippen molar-refractivity contribution in [3.8, 4) is 0 Å². The first-order valence-corrected chi connectivity index (χ1v) is 8.04. The first kappa shape index (κ1) is 14.1. The van der Waals surface area contributed by atoms with Gasteiger partial charge >= 0.3 is 0 Å². The zero-order chi connectivity index (χ0) is 14.8. The Morgan fingerprint density at radius 3 is 2.33 bits per heavy atom. The van der Waals surface area contributed by atoms with Crippen molar-refractivity contribution in [2.45, 2.75) is 31.4 Å². The predicted molar refractivity (Wildman–Crippen MR) is 89.8 cm³/mol. The van der Waals surface area contributed by atoms with Gasteiger partial charge in [0.05, 0.1) is 22.4 Å². The van der Waals surface area contributed by atoms with Gasteiger partial charge in [0.25, 0.3) is 0 Å². The molecule has 0 aliphatic rings. The van der Waals surface area contributed by atoms with Gasteiger partial charge in [0, 0.05) is 10.6 Å². The Morgan fingerprint density at radius 2 is 1.62 bits per heavy atom. The molecule has 3 aromatic rings. The predicted octanol–water partition coefficient (Wildman–Crippen LogP) is 4.85. The van der Waals surface area contributed by atoms with Crippen molar-refractivity contribution in [3.05, 3.63) is 65.0 Å². The summed E-state index contributed by atoms with van der Waals surface area (Å²) in [5.74, 6) is 0.855. The fraction of sp³-hybridized carbons (Fsp3) is 0.222. The van der Waals surface area contributed by atoms with E-state index in [0.717, 1.165) is 28.2 Å². The molecule has 0 atom stereocenters. The van der Waals surface area contributed by atoms with Crippen LogP contribution in [0.15, 0.2) is 47.4 Å². The molecule has 0 saturated heterocycles. The van der Waals surface area contributed by atoms with E-state index in [-0.39, 0.29) is 0 Å². The standard InChI is InChI=1S/C18H18N2S/c1-12-8-9-18(13(2)10-12)21-11-17-14(3)19-15-6-4-5-7-16(15)20-17/h4-10H,11H2,1-3H3. The summed E-state index contributed by atoms with van der Waals surface area (Å²) < 4.78 is 0. The maximum atomic E-state index is 4.75. The largest absolute Gasteiger partial charge is 0.250 e. The first-order valence-electron chi connectivity index (χ1n) is 7.06. The molecule has 3 heteroatoms. The minimum absolute atomic E-state index is 0.855. The Labute approximate surface area is 129 Å². The van der Waals surface area contributed by atoms with Crippen LogP contribution in [0.3, 0.4) is 0 Å². The number of fused-ring (bicyclic) bond motifs is 1. The topological polar surface area (TPSA) is 25.8 Å². The molecule has 0 unspecified atom stereocenters. The third-order valence-corrected chi connectivity index (χ3v) is 4.72. The van der Waals surface area contributed by atoms with E-state index in [2.05, 4.69) is 37.0 Å². The smallest absolute Gasteiger partial charge is 0.0890 e. The van der Waals surface area contributed by atoms with Crippen molar-refractivity contribution in [2.75, 3.05) is 0 Å². The molecule has 0 bridgehead atoms. The minimum atomic E-state index is 0.855. The molecule has 0 aliphatic carbocycles. The fourth-order valence-corrected chi connectivity index (χ4v) is 3.39. The highest BCUT2D eigenvalue weighted by Gasteiger charge is 2.07. The van der Waals surface area contributed by atoms with Crippen LogP contribution in [-0.2, 0) is 5.75 Å². The summed E-state index contributed by atoms with van der Waals surface area (Å²) in [6, 6.07) is 14.6. The Hall–Kier alpha value is -1.87. The van der Waals surface area contributed by atoms with E-state index in [1.54, 1.807) is 0 Å². The van der Waals surface area contributed by atoms with Gasteiger partial charge in [0.15, 0.2) is 0 Å². The summed E-state index contributed by atoms with van der Waals surface area (Å²) in [7, 11) is 0. The number of aryl methyl sites for hydroxylation is 3. The lowest BCUT2D eigenvalue weighted by Crippen LogP contribution is -1.97. The number of para-hydroxylation sites is 2.